The van der Waals surface area contributed by atoms with Crippen molar-refractivity contribution < 1.29 is 14.6 Å². The number of aryl methyl sites for hydroxylation is 1. The first-order chi connectivity index (χ1) is 13.5. The number of carboxylic acids is 1. The molecule has 0 aromatic heterocycles. The second kappa shape index (κ2) is 7.33. The summed E-state index contributed by atoms with van der Waals surface area (Å²) in [6.45, 7) is 2.10. The van der Waals surface area contributed by atoms with Gasteiger partial charge in [0.25, 0.3) is 0 Å². The smallest absolute Gasteiger partial charge is 0.336 e. The molecule has 0 aliphatic carbocycles. The molecule has 142 valence electrons. The zero-order chi connectivity index (χ0) is 19.7. The number of para-hydroxylation sites is 1. The first-order valence-electron chi connectivity index (χ1n) is 9.34. The largest absolute Gasteiger partial charge is 0.486 e. The van der Waals surface area contributed by atoms with Gasteiger partial charge in [-0.05, 0) is 48.6 Å². The van der Waals surface area contributed by atoms with Gasteiger partial charge < -0.3 is 9.84 Å². The van der Waals surface area contributed by atoms with E-state index >= 15 is 0 Å². The SMILES string of the molecule is C[C@]1(Cc2ccccc2Cl)CCc2cccc(-c3ccccc3C(=O)O)c2O1. The molecular formula is C24H21ClO3. The van der Waals surface area contributed by atoms with Crippen molar-refractivity contribution in [3.8, 4) is 16.9 Å². The lowest BCUT2D eigenvalue weighted by Crippen LogP contribution is -2.38. The van der Waals surface area contributed by atoms with E-state index < -0.39 is 11.6 Å². The van der Waals surface area contributed by atoms with Crippen LogP contribution in [0.15, 0.2) is 66.7 Å². The molecule has 0 bridgehead atoms. The number of carbonyl (C=O) groups is 1. The van der Waals surface area contributed by atoms with E-state index in [1.165, 1.54) is 0 Å². The van der Waals surface area contributed by atoms with E-state index in [1.807, 2.05) is 48.5 Å². The van der Waals surface area contributed by atoms with Crippen LogP contribution in [0.25, 0.3) is 11.1 Å². The monoisotopic (exact) mass is 392 g/mol. The maximum atomic E-state index is 11.7. The lowest BCUT2D eigenvalue weighted by molar-refractivity contribution is 0.0662. The van der Waals surface area contributed by atoms with Crippen molar-refractivity contribution in [3.05, 3.63) is 88.4 Å². The molecule has 3 aromatic carbocycles. The predicted octanol–water partition coefficient (Wildman–Crippen LogP) is 6.03. The Hall–Kier alpha value is -2.78. The summed E-state index contributed by atoms with van der Waals surface area (Å²) >= 11 is 6.37. The standard InChI is InChI=1S/C24H21ClO3/c1-24(15-17-7-2-5-12-21(17)25)14-13-16-8-6-11-19(22(16)28-24)18-9-3-4-10-20(18)23(26)27/h2-12H,13-15H2,1H3,(H,26,27)/t24-/m1/s1. The quantitative estimate of drug-likeness (QED) is 0.589. The lowest BCUT2D eigenvalue weighted by Gasteiger charge is -2.37. The van der Waals surface area contributed by atoms with Gasteiger partial charge in [-0.3, -0.25) is 0 Å². The summed E-state index contributed by atoms with van der Waals surface area (Å²) in [5.41, 5.74) is 3.52. The normalized spacial score (nSPS) is 18.2. The summed E-state index contributed by atoms with van der Waals surface area (Å²) in [6.07, 6.45) is 2.44. The molecule has 4 rings (SSSR count). The molecule has 28 heavy (non-hydrogen) atoms. The van der Waals surface area contributed by atoms with Crippen molar-refractivity contribution in [3.63, 3.8) is 0 Å². The number of ether oxygens (including phenoxy) is 1. The van der Waals surface area contributed by atoms with Gasteiger partial charge in [0.05, 0.1) is 5.56 Å². The molecule has 1 atom stereocenters. The molecule has 3 aromatic rings. The summed E-state index contributed by atoms with van der Waals surface area (Å²) in [7, 11) is 0. The van der Waals surface area contributed by atoms with Crippen LogP contribution in [-0.4, -0.2) is 16.7 Å². The summed E-state index contributed by atoms with van der Waals surface area (Å²) in [4.78, 5) is 11.7. The second-order valence-electron chi connectivity index (χ2n) is 7.46. The van der Waals surface area contributed by atoms with Gasteiger partial charge in [0.15, 0.2) is 0 Å². The average Bonchev–Trinajstić information content (AvgIpc) is 2.69. The Labute approximate surface area is 169 Å². The predicted molar refractivity (Wildman–Crippen MR) is 111 cm³/mol. The maximum absolute atomic E-state index is 11.7. The Morgan fingerprint density at radius 1 is 1.04 bits per heavy atom. The van der Waals surface area contributed by atoms with Gasteiger partial charge in [0.1, 0.15) is 11.4 Å². The van der Waals surface area contributed by atoms with Crippen molar-refractivity contribution in [2.75, 3.05) is 0 Å². The molecular weight excluding hydrogens is 372 g/mol. The number of carboxylic acid groups (broad SMARTS) is 1. The first-order valence-corrected chi connectivity index (χ1v) is 9.72. The van der Waals surface area contributed by atoms with Gasteiger partial charge in [-0.15, -0.1) is 0 Å². The highest BCUT2D eigenvalue weighted by Gasteiger charge is 2.34. The molecule has 0 saturated carbocycles. The summed E-state index contributed by atoms with van der Waals surface area (Å²) in [5, 5.41) is 10.3. The van der Waals surface area contributed by atoms with E-state index in [0.717, 1.165) is 40.3 Å². The Balaban J connectivity index is 1.75. The van der Waals surface area contributed by atoms with E-state index in [4.69, 9.17) is 16.3 Å². The van der Waals surface area contributed by atoms with Crippen LogP contribution in [0.3, 0.4) is 0 Å². The van der Waals surface area contributed by atoms with E-state index in [0.29, 0.717) is 12.0 Å². The Kier molecular flexibility index (Phi) is 4.86. The fourth-order valence-corrected chi connectivity index (χ4v) is 4.09. The van der Waals surface area contributed by atoms with Gasteiger partial charge in [-0.25, -0.2) is 4.79 Å². The van der Waals surface area contributed by atoms with Crippen molar-refractivity contribution in [1.29, 1.82) is 0 Å². The van der Waals surface area contributed by atoms with Crippen molar-refractivity contribution >= 4 is 17.6 Å². The third-order valence-corrected chi connectivity index (χ3v) is 5.71. The van der Waals surface area contributed by atoms with Gasteiger partial charge in [0.2, 0.25) is 0 Å². The molecule has 1 heterocycles. The molecule has 1 N–H and O–H groups in total. The number of fused-ring (bicyclic) bond motifs is 1. The van der Waals surface area contributed by atoms with Crippen molar-refractivity contribution in [2.45, 2.75) is 31.8 Å². The Morgan fingerprint density at radius 3 is 2.54 bits per heavy atom. The maximum Gasteiger partial charge on any atom is 0.336 e. The Morgan fingerprint density at radius 2 is 1.75 bits per heavy atom. The third kappa shape index (κ3) is 3.50. The van der Waals surface area contributed by atoms with E-state index in [9.17, 15) is 9.90 Å². The van der Waals surface area contributed by atoms with Gasteiger partial charge in [-0.1, -0.05) is 66.2 Å². The average molecular weight is 393 g/mol. The highest BCUT2D eigenvalue weighted by atomic mass is 35.5. The molecule has 1 aliphatic heterocycles. The van der Waals surface area contributed by atoms with Crippen LogP contribution in [0.2, 0.25) is 5.02 Å². The highest BCUT2D eigenvalue weighted by Crippen LogP contribution is 2.43. The van der Waals surface area contributed by atoms with Crippen molar-refractivity contribution in [1.82, 2.24) is 0 Å². The molecule has 4 heteroatoms. The number of hydrogen-bond donors (Lipinski definition) is 1. The molecule has 0 saturated heterocycles. The first kappa shape index (κ1) is 18.6. The van der Waals surface area contributed by atoms with Crippen LogP contribution in [0.5, 0.6) is 5.75 Å². The number of benzene rings is 3. The van der Waals surface area contributed by atoms with Gasteiger partial charge in [-0.2, -0.15) is 0 Å². The number of hydrogen-bond acceptors (Lipinski definition) is 2. The topological polar surface area (TPSA) is 46.5 Å². The van der Waals surface area contributed by atoms with Crippen molar-refractivity contribution in [2.24, 2.45) is 0 Å². The molecule has 0 unspecified atom stereocenters. The summed E-state index contributed by atoms with van der Waals surface area (Å²) in [5.74, 6) is -0.167. The van der Waals surface area contributed by atoms with Crippen LogP contribution in [0.4, 0.5) is 0 Å². The summed E-state index contributed by atoms with van der Waals surface area (Å²) < 4.78 is 6.55. The highest BCUT2D eigenvalue weighted by molar-refractivity contribution is 6.31. The van der Waals surface area contributed by atoms with Crippen LogP contribution in [-0.2, 0) is 12.8 Å². The second-order valence-corrected chi connectivity index (χ2v) is 7.87. The fraction of sp³-hybridized carbons (Fsp3) is 0.208. The third-order valence-electron chi connectivity index (χ3n) is 5.34. The Bertz CT molecular complexity index is 1040. The minimum atomic E-state index is -0.942. The minimum Gasteiger partial charge on any atom is -0.486 e. The van der Waals surface area contributed by atoms with Crippen LogP contribution >= 0.6 is 11.6 Å². The van der Waals surface area contributed by atoms with E-state index in [1.54, 1.807) is 12.1 Å². The fourth-order valence-electron chi connectivity index (χ4n) is 3.88. The van der Waals surface area contributed by atoms with Crippen LogP contribution in [0, 0.1) is 0 Å². The number of halogens is 1. The van der Waals surface area contributed by atoms with Crippen LogP contribution in [0.1, 0.15) is 34.8 Å². The molecule has 0 spiro atoms. The zero-order valence-electron chi connectivity index (χ0n) is 15.6. The molecule has 3 nitrogen and oxygen atoms in total. The van der Waals surface area contributed by atoms with Gasteiger partial charge in [0, 0.05) is 17.0 Å². The minimum absolute atomic E-state index is 0.276. The number of aromatic carboxylic acids is 1. The zero-order valence-corrected chi connectivity index (χ0v) is 16.4. The molecule has 0 amide bonds. The van der Waals surface area contributed by atoms with E-state index in [2.05, 4.69) is 13.0 Å². The lowest BCUT2D eigenvalue weighted by atomic mass is 9.85. The molecule has 0 fully saturated rings. The number of rotatable bonds is 4. The molecule has 0 radical (unpaired) electrons. The molecule has 1 aliphatic rings. The summed E-state index contributed by atoms with van der Waals surface area (Å²) in [6, 6.07) is 20.8. The van der Waals surface area contributed by atoms with Crippen LogP contribution < -0.4 is 4.74 Å². The van der Waals surface area contributed by atoms with E-state index in [-0.39, 0.29) is 5.56 Å². The van der Waals surface area contributed by atoms with Gasteiger partial charge >= 0.3 is 5.97 Å².